The number of H-pyrrole nitrogens is 2. The number of benzene rings is 3. The Kier molecular flexibility index (Phi) is 5.24. The van der Waals surface area contributed by atoms with Crippen molar-refractivity contribution >= 4 is 38.8 Å². The second-order valence-electron chi connectivity index (χ2n) is 8.75. The van der Waals surface area contributed by atoms with Gasteiger partial charge >= 0.3 is 6.09 Å². The molecule has 0 fully saturated rings. The molecule has 0 unspecified atom stereocenters. The van der Waals surface area contributed by atoms with Crippen molar-refractivity contribution in [2.75, 3.05) is 6.54 Å². The van der Waals surface area contributed by atoms with Crippen molar-refractivity contribution in [3.63, 3.8) is 0 Å². The van der Waals surface area contributed by atoms with E-state index >= 15 is 0 Å². The van der Waals surface area contributed by atoms with E-state index in [1.165, 1.54) is 18.5 Å². The van der Waals surface area contributed by atoms with Gasteiger partial charge in [0.1, 0.15) is 23.8 Å². The van der Waals surface area contributed by atoms with Crippen LogP contribution in [-0.4, -0.2) is 32.6 Å². The predicted molar refractivity (Wildman–Crippen MR) is 127 cm³/mol. The molecule has 0 radical (unpaired) electrons. The molecule has 9 heteroatoms. The van der Waals surface area contributed by atoms with Gasteiger partial charge in [0.15, 0.2) is 0 Å². The van der Waals surface area contributed by atoms with Crippen LogP contribution < -0.4 is 10.9 Å². The van der Waals surface area contributed by atoms with Gasteiger partial charge in [0, 0.05) is 22.7 Å². The molecular weight excluding hydrogens is 437 g/mol. The lowest BCUT2D eigenvalue weighted by atomic mass is 9.92. The van der Waals surface area contributed by atoms with Gasteiger partial charge in [-0.25, -0.2) is 19.2 Å². The number of fused-ring (bicyclic) bond motifs is 6. The molecule has 0 aliphatic rings. The van der Waals surface area contributed by atoms with Crippen LogP contribution in [0.25, 0.3) is 32.7 Å². The Morgan fingerprint density at radius 2 is 1.91 bits per heavy atom. The second kappa shape index (κ2) is 8.26. The summed E-state index contributed by atoms with van der Waals surface area (Å²) < 4.78 is 19.3. The number of hydrogen-bond acceptors (Lipinski definition) is 5. The highest BCUT2D eigenvalue weighted by atomic mass is 19.1. The van der Waals surface area contributed by atoms with Crippen LogP contribution in [-0.2, 0) is 16.8 Å². The minimum Gasteiger partial charge on any atom is -0.445 e. The van der Waals surface area contributed by atoms with Crippen molar-refractivity contribution in [1.29, 1.82) is 0 Å². The maximum atomic E-state index is 14.0. The maximum Gasteiger partial charge on any atom is 0.407 e. The zero-order chi connectivity index (χ0) is 23.9. The van der Waals surface area contributed by atoms with E-state index in [4.69, 9.17) is 9.72 Å². The van der Waals surface area contributed by atoms with Gasteiger partial charge in [-0.2, -0.15) is 0 Å². The molecule has 2 aromatic heterocycles. The summed E-state index contributed by atoms with van der Waals surface area (Å²) in [6.07, 6.45) is 0.776. The summed E-state index contributed by atoms with van der Waals surface area (Å²) in [6, 6.07) is 13.7. The van der Waals surface area contributed by atoms with Crippen molar-refractivity contribution in [3.05, 3.63) is 82.4 Å². The summed E-state index contributed by atoms with van der Waals surface area (Å²) in [5.74, 6) is 0.136. The minimum absolute atomic E-state index is 0.173. The van der Waals surface area contributed by atoms with Crippen LogP contribution in [0.3, 0.4) is 0 Å². The fourth-order valence-corrected chi connectivity index (χ4v) is 3.98. The summed E-state index contributed by atoms with van der Waals surface area (Å²) in [4.78, 5) is 39.8. The Bertz CT molecular complexity index is 1590. The van der Waals surface area contributed by atoms with Crippen molar-refractivity contribution in [2.24, 2.45) is 0 Å². The zero-order valence-corrected chi connectivity index (χ0v) is 18.6. The first-order valence-corrected chi connectivity index (χ1v) is 10.8. The number of carbonyl (C=O) groups excluding carboxylic acids is 1. The number of ether oxygens (including phenoxy) is 1. The summed E-state index contributed by atoms with van der Waals surface area (Å²) in [5.41, 5.74) is 1.49. The van der Waals surface area contributed by atoms with Crippen molar-refractivity contribution in [1.82, 2.24) is 25.3 Å². The van der Waals surface area contributed by atoms with Gasteiger partial charge in [0.05, 0.1) is 22.7 Å². The molecular formula is C25H22FN5O3. The normalized spacial score (nSPS) is 11.9. The quantitative estimate of drug-likeness (QED) is 0.339. The number of imidazole rings is 1. The van der Waals surface area contributed by atoms with E-state index in [1.54, 1.807) is 6.07 Å². The van der Waals surface area contributed by atoms with E-state index in [1.807, 2.05) is 44.2 Å². The highest BCUT2D eigenvalue weighted by Crippen LogP contribution is 2.33. The Morgan fingerprint density at radius 1 is 1.12 bits per heavy atom. The van der Waals surface area contributed by atoms with Gasteiger partial charge in [-0.1, -0.05) is 44.2 Å². The molecule has 3 N–H and O–H groups in total. The van der Waals surface area contributed by atoms with Crippen LogP contribution >= 0.6 is 0 Å². The second-order valence-corrected chi connectivity index (χ2v) is 8.75. The van der Waals surface area contributed by atoms with Crippen molar-refractivity contribution in [3.8, 4) is 0 Å². The third kappa shape index (κ3) is 3.85. The number of nitrogens with zero attached hydrogens (tertiary/aromatic N) is 2. The number of rotatable bonds is 5. The Balaban J connectivity index is 1.47. The lowest BCUT2D eigenvalue weighted by molar-refractivity contribution is 0.137. The average molecular weight is 459 g/mol. The average Bonchev–Trinajstić information content (AvgIpc) is 3.29. The zero-order valence-electron chi connectivity index (χ0n) is 18.6. The number of aromatic amines is 2. The molecule has 0 saturated carbocycles. The Hall–Kier alpha value is -4.27. The van der Waals surface area contributed by atoms with E-state index in [-0.39, 0.29) is 18.7 Å². The molecule has 0 aliphatic heterocycles. The number of nitrogens with one attached hydrogen (secondary N) is 3. The Labute approximate surface area is 193 Å². The maximum absolute atomic E-state index is 14.0. The first kappa shape index (κ1) is 21.6. The minimum atomic E-state index is -0.606. The summed E-state index contributed by atoms with van der Waals surface area (Å²) >= 11 is 0. The van der Waals surface area contributed by atoms with Crippen LogP contribution in [0.1, 0.15) is 25.2 Å². The van der Waals surface area contributed by atoms with Crippen LogP contribution in [0.15, 0.2) is 59.7 Å². The van der Waals surface area contributed by atoms with Crippen molar-refractivity contribution in [2.45, 2.75) is 25.9 Å². The van der Waals surface area contributed by atoms with Crippen LogP contribution in [0.2, 0.25) is 0 Å². The number of hydrogen-bond donors (Lipinski definition) is 3. The third-order valence-corrected chi connectivity index (χ3v) is 5.83. The molecule has 0 bridgehead atoms. The van der Waals surface area contributed by atoms with Gasteiger partial charge in [-0.15, -0.1) is 0 Å². The molecule has 5 rings (SSSR count). The van der Waals surface area contributed by atoms with E-state index < -0.39 is 17.3 Å². The van der Waals surface area contributed by atoms with Gasteiger partial charge < -0.3 is 20.0 Å². The summed E-state index contributed by atoms with van der Waals surface area (Å²) in [7, 11) is 0. The molecule has 0 saturated heterocycles. The first-order valence-electron chi connectivity index (χ1n) is 10.8. The van der Waals surface area contributed by atoms with Crippen molar-refractivity contribution < 1.29 is 13.9 Å². The number of aromatic nitrogens is 4. The monoisotopic (exact) mass is 459 g/mol. The van der Waals surface area contributed by atoms with Gasteiger partial charge in [-0.3, -0.25) is 4.79 Å². The van der Waals surface area contributed by atoms with E-state index in [0.717, 1.165) is 5.56 Å². The largest absolute Gasteiger partial charge is 0.445 e. The van der Waals surface area contributed by atoms with Crippen LogP contribution in [0.5, 0.6) is 0 Å². The number of alkyl carbamates (subject to hydrolysis) is 1. The molecule has 3 aromatic carbocycles. The fraction of sp³-hybridized carbons (Fsp3) is 0.200. The lowest BCUT2D eigenvalue weighted by Gasteiger charge is -2.22. The van der Waals surface area contributed by atoms with Gasteiger partial charge in [0.25, 0.3) is 5.56 Å². The number of halogens is 1. The molecule has 0 aliphatic carbocycles. The van der Waals surface area contributed by atoms with E-state index in [9.17, 15) is 14.0 Å². The molecule has 34 heavy (non-hydrogen) atoms. The highest BCUT2D eigenvalue weighted by Gasteiger charge is 2.27. The molecule has 2 heterocycles. The van der Waals surface area contributed by atoms with Gasteiger partial charge in [-0.05, 0) is 23.8 Å². The molecule has 0 spiro atoms. The number of carbonyl (C=O) groups is 1. The molecule has 1 amide bonds. The SMILES string of the molecule is CC(C)(CNC(=O)OCc1ccccc1)c1nc2c3ccc(F)cc3c3c(=O)[nH]cnc3c2[nH]1. The van der Waals surface area contributed by atoms with E-state index in [2.05, 4.69) is 20.3 Å². The molecule has 5 aromatic rings. The molecule has 0 atom stereocenters. The smallest absolute Gasteiger partial charge is 0.407 e. The summed E-state index contributed by atoms with van der Waals surface area (Å²) in [5, 5.41) is 4.15. The topological polar surface area (TPSA) is 113 Å². The van der Waals surface area contributed by atoms with Gasteiger partial charge in [0.2, 0.25) is 0 Å². The first-order chi connectivity index (χ1) is 16.3. The predicted octanol–water partition coefficient (Wildman–Crippen LogP) is 4.30. The molecule has 8 nitrogen and oxygen atoms in total. The van der Waals surface area contributed by atoms with Crippen LogP contribution in [0.4, 0.5) is 9.18 Å². The Morgan fingerprint density at radius 3 is 2.71 bits per heavy atom. The highest BCUT2D eigenvalue weighted by molar-refractivity contribution is 6.21. The molecule has 172 valence electrons. The van der Waals surface area contributed by atoms with E-state index in [0.29, 0.717) is 38.5 Å². The fourth-order valence-electron chi connectivity index (χ4n) is 3.98. The standard InChI is InChI=1S/C25H22FN5O3/c1-25(2,12-27-24(33)34-11-14-6-4-3-5-7-14)23-30-19-16-9-8-15(26)10-17(16)18-20(21(19)31-23)28-13-29-22(18)32/h3-10,13H,11-12H2,1-2H3,(H,27,33)(H,30,31)(H,28,29,32). The lowest BCUT2D eigenvalue weighted by Crippen LogP contribution is -2.37. The number of amides is 1. The summed E-state index contributed by atoms with van der Waals surface area (Å²) in [6.45, 7) is 4.27. The third-order valence-electron chi connectivity index (χ3n) is 5.83. The van der Waals surface area contributed by atoms with Crippen LogP contribution in [0, 0.1) is 5.82 Å².